The lowest BCUT2D eigenvalue weighted by molar-refractivity contribution is 0.334. The first-order valence-electron chi connectivity index (χ1n) is 11.3. The van der Waals surface area contributed by atoms with E-state index in [1.54, 1.807) is 13.1 Å². The van der Waals surface area contributed by atoms with E-state index in [1.807, 2.05) is 17.0 Å². The molecule has 3 heterocycles. The Hall–Kier alpha value is -3.45. The summed E-state index contributed by atoms with van der Waals surface area (Å²) in [6.07, 6.45) is 2.77. The number of alkyl halides is 1. The molecule has 0 spiro atoms. The average molecular weight is 497 g/mol. The molecule has 0 radical (unpaired) electrons. The number of nitrogens with one attached hydrogen (secondary N) is 1. The van der Waals surface area contributed by atoms with E-state index in [4.69, 9.17) is 16.6 Å². The first-order valence-corrected chi connectivity index (χ1v) is 11.6. The predicted octanol–water partition coefficient (Wildman–Crippen LogP) is 7.30. The van der Waals surface area contributed by atoms with E-state index >= 15 is 4.39 Å². The van der Waals surface area contributed by atoms with Crippen LogP contribution < -0.4 is 15.1 Å². The van der Waals surface area contributed by atoms with Crippen LogP contribution in [-0.2, 0) is 0 Å². The largest absolute Gasteiger partial charge is 0.359 e. The van der Waals surface area contributed by atoms with E-state index in [0.717, 1.165) is 42.9 Å². The lowest BCUT2D eigenvalue weighted by Crippen LogP contribution is -2.30. The molecule has 1 aromatic carbocycles. The molecular formula is C27H24ClF3N4. The maximum Gasteiger partial charge on any atom is 0.151 e. The van der Waals surface area contributed by atoms with Gasteiger partial charge in [-0.25, -0.2) is 18.2 Å². The molecule has 4 nitrogen and oxygen atoms in total. The van der Waals surface area contributed by atoms with Gasteiger partial charge in [-0.3, -0.25) is 4.90 Å². The fraction of sp³-hybridized carbons (Fsp3) is 0.222. The Morgan fingerprint density at radius 3 is 2.63 bits per heavy atom. The van der Waals surface area contributed by atoms with Gasteiger partial charge >= 0.3 is 0 Å². The van der Waals surface area contributed by atoms with Gasteiger partial charge in [-0.2, -0.15) is 0 Å². The standard InChI is InChI=1S/C27H24ClF3N4/c1-14-6-5-9-34(14)25-8-7-19-15(2)20(17(4)32-24-12-22(30)16(24)3)13-35(27(19)33-25)26-21(28)10-18(29)11-23(26)31/h7-8,10-11,13,22,32H,1-2,4-6,9,12H2,3H3. The van der Waals surface area contributed by atoms with Crippen LogP contribution in [0.5, 0.6) is 0 Å². The second-order valence-corrected chi connectivity index (χ2v) is 9.32. The maximum atomic E-state index is 15.1. The Balaban J connectivity index is 1.63. The Kier molecular flexibility index (Phi) is 5.75. The number of nitrogens with zero attached hydrogens (tertiary/aromatic N) is 3. The summed E-state index contributed by atoms with van der Waals surface area (Å²) in [6, 6.07) is 5.56. The second kappa shape index (κ2) is 8.64. The minimum Gasteiger partial charge on any atom is -0.359 e. The highest BCUT2D eigenvalue weighted by atomic mass is 35.5. The van der Waals surface area contributed by atoms with Crippen molar-refractivity contribution in [3.8, 4) is 0 Å². The van der Waals surface area contributed by atoms with Crippen molar-refractivity contribution in [1.29, 1.82) is 0 Å². The quantitative estimate of drug-likeness (QED) is 0.470. The number of fused-ring (bicyclic) bond motifs is 1. The summed E-state index contributed by atoms with van der Waals surface area (Å²) < 4.78 is 42.6. The third-order valence-corrected chi connectivity index (χ3v) is 6.97. The van der Waals surface area contributed by atoms with Gasteiger partial charge < -0.3 is 10.2 Å². The van der Waals surface area contributed by atoms with E-state index in [9.17, 15) is 8.78 Å². The summed E-state index contributed by atoms with van der Waals surface area (Å²) in [5, 5.41) is 3.06. The van der Waals surface area contributed by atoms with Crippen molar-refractivity contribution in [2.45, 2.75) is 32.4 Å². The van der Waals surface area contributed by atoms with Crippen molar-refractivity contribution in [2.24, 2.45) is 0 Å². The molecule has 180 valence electrons. The van der Waals surface area contributed by atoms with Gasteiger partial charge in [0.05, 0.1) is 5.02 Å². The third kappa shape index (κ3) is 3.93. The van der Waals surface area contributed by atoms with Gasteiger partial charge in [0.1, 0.15) is 29.3 Å². The SMILES string of the molecule is C=C(NC1=C(C)C(F)C1)C1=CN(c2c(F)cc(F)cc2Cl)c2nc(N3CCCC3=C)ccc2C1=C. The second-order valence-electron chi connectivity index (χ2n) is 8.91. The average Bonchev–Trinajstić information content (AvgIpc) is 3.24. The molecular weight excluding hydrogens is 473 g/mol. The minimum atomic E-state index is -0.971. The van der Waals surface area contributed by atoms with Crippen LogP contribution in [0.4, 0.5) is 30.5 Å². The zero-order valence-corrected chi connectivity index (χ0v) is 20.0. The van der Waals surface area contributed by atoms with Crippen molar-refractivity contribution < 1.29 is 13.2 Å². The number of rotatable bonds is 5. The van der Waals surface area contributed by atoms with E-state index in [2.05, 4.69) is 25.1 Å². The zero-order chi connectivity index (χ0) is 25.0. The first-order chi connectivity index (χ1) is 16.7. The lowest BCUT2D eigenvalue weighted by atomic mass is 9.91. The van der Waals surface area contributed by atoms with E-state index in [0.29, 0.717) is 39.6 Å². The molecule has 0 saturated carbocycles. The summed E-state index contributed by atoms with van der Waals surface area (Å²) in [5.74, 6) is -0.547. The molecule has 1 unspecified atom stereocenters. The smallest absolute Gasteiger partial charge is 0.151 e. The number of aromatic nitrogens is 1. The van der Waals surface area contributed by atoms with Crippen molar-refractivity contribution >= 4 is 34.5 Å². The molecule has 1 aliphatic carbocycles. The van der Waals surface area contributed by atoms with Crippen LogP contribution in [0.2, 0.25) is 5.02 Å². The number of allylic oxidation sites excluding steroid dienone is 4. The number of halogens is 4. The summed E-state index contributed by atoms with van der Waals surface area (Å²) in [4.78, 5) is 8.33. The van der Waals surface area contributed by atoms with Gasteiger partial charge in [-0.05, 0) is 49.1 Å². The summed E-state index contributed by atoms with van der Waals surface area (Å²) in [6.45, 7) is 15.0. The van der Waals surface area contributed by atoms with Crippen LogP contribution in [0.15, 0.2) is 78.4 Å². The molecule has 35 heavy (non-hydrogen) atoms. The highest BCUT2D eigenvalue weighted by molar-refractivity contribution is 6.33. The topological polar surface area (TPSA) is 31.4 Å². The fourth-order valence-corrected chi connectivity index (χ4v) is 4.86. The van der Waals surface area contributed by atoms with E-state index < -0.39 is 17.8 Å². The van der Waals surface area contributed by atoms with Gasteiger partial charge in [0, 0.05) is 53.5 Å². The molecule has 0 amide bonds. The van der Waals surface area contributed by atoms with Gasteiger partial charge in [-0.1, -0.05) is 31.3 Å². The van der Waals surface area contributed by atoms with E-state index in [-0.39, 0.29) is 17.1 Å². The van der Waals surface area contributed by atoms with Crippen LogP contribution >= 0.6 is 11.6 Å². The summed E-state index contributed by atoms with van der Waals surface area (Å²) >= 11 is 6.33. The number of benzene rings is 1. The van der Waals surface area contributed by atoms with Crippen LogP contribution in [0, 0.1) is 11.6 Å². The lowest BCUT2D eigenvalue weighted by Gasteiger charge is -2.34. The molecule has 1 atom stereocenters. The van der Waals surface area contributed by atoms with Gasteiger partial charge in [0.25, 0.3) is 0 Å². The number of hydrogen-bond acceptors (Lipinski definition) is 4. The Morgan fingerprint density at radius 2 is 2.00 bits per heavy atom. The molecule has 2 aliphatic heterocycles. The molecule has 8 heteroatoms. The number of anilines is 3. The molecule has 3 aliphatic rings. The highest BCUT2D eigenvalue weighted by Gasteiger charge is 2.32. The molecule has 1 saturated heterocycles. The van der Waals surface area contributed by atoms with Crippen LogP contribution in [-0.4, -0.2) is 17.7 Å². The molecule has 0 bridgehead atoms. The Bertz CT molecular complexity index is 1340. The third-order valence-electron chi connectivity index (χ3n) is 6.68. The number of pyridine rings is 1. The summed E-state index contributed by atoms with van der Waals surface area (Å²) in [5.41, 5.74) is 4.58. The van der Waals surface area contributed by atoms with Crippen molar-refractivity contribution in [3.63, 3.8) is 0 Å². The highest BCUT2D eigenvalue weighted by Crippen LogP contribution is 2.45. The van der Waals surface area contributed by atoms with Crippen molar-refractivity contribution in [2.75, 3.05) is 16.3 Å². The zero-order valence-electron chi connectivity index (χ0n) is 19.3. The van der Waals surface area contributed by atoms with Crippen molar-refractivity contribution in [3.05, 3.63) is 101 Å². The molecule has 1 N–H and O–H groups in total. The number of hydrogen-bond donors (Lipinski definition) is 1. The van der Waals surface area contributed by atoms with Gasteiger partial charge in [0.15, 0.2) is 5.82 Å². The summed E-state index contributed by atoms with van der Waals surface area (Å²) in [7, 11) is 0. The minimum absolute atomic E-state index is 0.0418. The van der Waals surface area contributed by atoms with E-state index in [1.165, 1.54) is 4.90 Å². The molecule has 1 aromatic heterocycles. The van der Waals surface area contributed by atoms with Gasteiger partial charge in [0.2, 0.25) is 0 Å². The molecule has 1 fully saturated rings. The van der Waals surface area contributed by atoms with Crippen LogP contribution in [0.25, 0.3) is 5.57 Å². The Labute approximate surface area is 207 Å². The molecule has 5 rings (SSSR count). The van der Waals surface area contributed by atoms with Gasteiger partial charge in [-0.15, -0.1) is 0 Å². The van der Waals surface area contributed by atoms with Crippen LogP contribution in [0.1, 0.15) is 31.7 Å². The molecule has 2 aromatic rings. The Morgan fingerprint density at radius 1 is 1.23 bits per heavy atom. The van der Waals surface area contributed by atoms with Crippen LogP contribution in [0.3, 0.4) is 0 Å². The van der Waals surface area contributed by atoms with Crippen molar-refractivity contribution in [1.82, 2.24) is 10.3 Å². The predicted molar refractivity (Wildman–Crippen MR) is 135 cm³/mol. The monoisotopic (exact) mass is 496 g/mol. The fourth-order valence-electron chi connectivity index (χ4n) is 4.58. The first kappa shape index (κ1) is 23.3. The maximum absolute atomic E-state index is 15.1. The normalized spacial score (nSPS) is 19.6.